The summed E-state index contributed by atoms with van der Waals surface area (Å²) in [6.07, 6.45) is 2.76. The SMILES string of the molecule is C=CCC=C(CC(=O)O)C(=O)O. The summed E-state index contributed by atoms with van der Waals surface area (Å²) in [6, 6.07) is 0. The van der Waals surface area contributed by atoms with Gasteiger partial charge in [-0.3, -0.25) is 4.79 Å². The molecule has 2 N–H and O–H groups in total. The molecule has 0 unspecified atom stereocenters. The quantitative estimate of drug-likeness (QED) is 0.477. The number of allylic oxidation sites excluding steroid dienone is 2. The Kier molecular flexibility index (Phi) is 4.45. The molecule has 0 saturated carbocycles. The van der Waals surface area contributed by atoms with Crippen LogP contribution in [0, 0.1) is 0 Å². The van der Waals surface area contributed by atoms with Gasteiger partial charge in [-0.1, -0.05) is 12.2 Å². The third-order valence-corrected chi connectivity index (χ3v) is 1.15. The molecule has 0 rings (SSSR count). The highest BCUT2D eigenvalue weighted by Crippen LogP contribution is 2.03. The summed E-state index contributed by atoms with van der Waals surface area (Å²) in [5.41, 5.74) is -0.109. The van der Waals surface area contributed by atoms with Crippen molar-refractivity contribution in [1.82, 2.24) is 0 Å². The monoisotopic (exact) mass is 170 g/mol. The molecule has 0 aromatic carbocycles. The van der Waals surface area contributed by atoms with Crippen molar-refractivity contribution in [3.63, 3.8) is 0 Å². The maximum Gasteiger partial charge on any atom is 0.331 e. The molecule has 0 saturated heterocycles. The fourth-order valence-corrected chi connectivity index (χ4v) is 0.624. The Labute approximate surface area is 69.8 Å². The van der Waals surface area contributed by atoms with E-state index < -0.39 is 18.4 Å². The largest absolute Gasteiger partial charge is 0.481 e. The van der Waals surface area contributed by atoms with Gasteiger partial charge in [-0.2, -0.15) is 0 Å². The first-order chi connectivity index (χ1) is 5.57. The minimum Gasteiger partial charge on any atom is -0.481 e. The molecule has 0 aliphatic rings. The zero-order valence-electron chi connectivity index (χ0n) is 6.49. The third kappa shape index (κ3) is 4.27. The van der Waals surface area contributed by atoms with Crippen LogP contribution in [0.5, 0.6) is 0 Å². The lowest BCUT2D eigenvalue weighted by atomic mass is 10.1. The highest BCUT2D eigenvalue weighted by Gasteiger charge is 2.10. The Bertz CT molecular complexity index is 227. The molecular weight excluding hydrogens is 160 g/mol. The number of carboxylic acids is 2. The highest BCUT2D eigenvalue weighted by molar-refractivity contribution is 5.92. The van der Waals surface area contributed by atoms with E-state index in [-0.39, 0.29) is 5.57 Å². The van der Waals surface area contributed by atoms with Crippen LogP contribution in [0.3, 0.4) is 0 Å². The predicted octanol–water partition coefficient (Wildman–Crippen LogP) is 1.05. The van der Waals surface area contributed by atoms with Crippen LogP contribution in [0.2, 0.25) is 0 Å². The molecule has 0 aliphatic heterocycles. The molecule has 0 radical (unpaired) electrons. The van der Waals surface area contributed by atoms with Crippen molar-refractivity contribution in [2.75, 3.05) is 0 Å². The van der Waals surface area contributed by atoms with Crippen molar-refractivity contribution in [1.29, 1.82) is 0 Å². The smallest absolute Gasteiger partial charge is 0.331 e. The average Bonchev–Trinajstić information content (AvgIpc) is 1.96. The van der Waals surface area contributed by atoms with Crippen LogP contribution in [0.25, 0.3) is 0 Å². The maximum atomic E-state index is 10.4. The van der Waals surface area contributed by atoms with E-state index in [2.05, 4.69) is 6.58 Å². The molecule has 66 valence electrons. The standard InChI is InChI=1S/C8H10O4/c1-2-3-4-6(8(11)12)5-7(9)10/h2,4H,1,3,5H2,(H,9,10)(H,11,12). The summed E-state index contributed by atoms with van der Waals surface area (Å²) in [4.78, 5) is 20.5. The Hall–Kier alpha value is -1.58. The van der Waals surface area contributed by atoms with Gasteiger partial charge in [0, 0.05) is 5.57 Å². The Morgan fingerprint density at radius 1 is 1.33 bits per heavy atom. The molecule has 0 atom stereocenters. The topological polar surface area (TPSA) is 74.6 Å². The molecule has 0 spiro atoms. The van der Waals surface area contributed by atoms with Crippen LogP contribution < -0.4 is 0 Å². The minimum atomic E-state index is -1.20. The summed E-state index contributed by atoms with van der Waals surface area (Å²) in [5.74, 6) is -2.34. The van der Waals surface area contributed by atoms with E-state index in [1.54, 1.807) is 0 Å². The second-order valence-corrected chi connectivity index (χ2v) is 2.13. The summed E-state index contributed by atoms with van der Waals surface area (Å²) >= 11 is 0. The number of rotatable bonds is 5. The van der Waals surface area contributed by atoms with Crippen molar-refractivity contribution in [2.45, 2.75) is 12.8 Å². The summed E-state index contributed by atoms with van der Waals surface area (Å²) in [5, 5.41) is 16.8. The van der Waals surface area contributed by atoms with Gasteiger partial charge in [-0.15, -0.1) is 6.58 Å². The van der Waals surface area contributed by atoms with Crippen molar-refractivity contribution < 1.29 is 19.8 Å². The second kappa shape index (κ2) is 5.12. The van der Waals surface area contributed by atoms with Crippen LogP contribution in [-0.4, -0.2) is 22.2 Å². The molecule has 0 aromatic heterocycles. The first-order valence-electron chi connectivity index (χ1n) is 3.33. The number of hydrogen-bond donors (Lipinski definition) is 2. The Morgan fingerprint density at radius 2 is 1.92 bits per heavy atom. The number of carbonyl (C=O) groups is 2. The van der Waals surface area contributed by atoms with Gasteiger partial charge >= 0.3 is 11.9 Å². The van der Waals surface area contributed by atoms with Crippen LogP contribution in [-0.2, 0) is 9.59 Å². The van der Waals surface area contributed by atoms with Gasteiger partial charge in [0.15, 0.2) is 0 Å². The van der Waals surface area contributed by atoms with Gasteiger partial charge in [-0.05, 0) is 6.42 Å². The van der Waals surface area contributed by atoms with Crippen molar-refractivity contribution >= 4 is 11.9 Å². The van der Waals surface area contributed by atoms with Gasteiger partial charge in [0.25, 0.3) is 0 Å². The molecule has 0 aromatic rings. The van der Waals surface area contributed by atoms with Crippen molar-refractivity contribution in [3.8, 4) is 0 Å². The van der Waals surface area contributed by atoms with E-state index >= 15 is 0 Å². The summed E-state index contributed by atoms with van der Waals surface area (Å²) in [6.45, 7) is 3.39. The molecule has 12 heavy (non-hydrogen) atoms. The van der Waals surface area contributed by atoms with E-state index in [9.17, 15) is 9.59 Å². The molecule has 4 heteroatoms. The lowest BCUT2D eigenvalue weighted by molar-refractivity contribution is -0.139. The van der Waals surface area contributed by atoms with Gasteiger partial charge in [0.1, 0.15) is 0 Å². The lowest BCUT2D eigenvalue weighted by Crippen LogP contribution is -2.06. The summed E-state index contributed by atoms with van der Waals surface area (Å²) < 4.78 is 0. The molecule has 0 heterocycles. The van der Waals surface area contributed by atoms with E-state index in [4.69, 9.17) is 10.2 Å². The fourth-order valence-electron chi connectivity index (χ4n) is 0.624. The number of hydrogen-bond acceptors (Lipinski definition) is 2. The van der Waals surface area contributed by atoms with Gasteiger partial charge in [-0.25, -0.2) is 4.79 Å². The lowest BCUT2D eigenvalue weighted by Gasteiger charge is -1.95. The third-order valence-electron chi connectivity index (χ3n) is 1.15. The van der Waals surface area contributed by atoms with Gasteiger partial charge < -0.3 is 10.2 Å². The first kappa shape index (κ1) is 10.4. The van der Waals surface area contributed by atoms with E-state index in [0.29, 0.717) is 6.42 Å². The Balaban J connectivity index is 4.32. The predicted molar refractivity (Wildman–Crippen MR) is 42.8 cm³/mol. The van der Waals surface area contributed by atoms with Gasteiger partial charge in [0.2, 0.25) is 0 Å². The fraction of sp³-hybridized carbons (Fsp3) is 0.250. The maximum absolute atomic E-state index is 10.4. The second-order valence-electron chi connectivity index (χ2n) is 2.13. The average molecular weight is 170 g/mol. The molecule has 4 nitrogen and oxygen atoms in total. The van der Waals surface area contributed by atoms with Crippen LogP contribution in [0.1, 0.15) is 12.8 Å². The van der Waals surface area contributed by atoms with E-state index in [1.165, 1.54) is 12.2 Å². The minimum absolute atomic E-state index is 0.109. The normalized spacial score (nSPS) is 10.8. The number of carboxylic acid groups (broad SMARTS) is 2. The Morgan fingerprint density at radius 3 is 2.25 bits per heavy atom. The van der Waals surface area contributed by atoms with E-state index in [0.717, 1.165) is 0 Å². The zero-order chi connectivity index (χ0) is 9.56. The zero-order valence-corrected chi connectivity index (χ0v) is 6.49. The molecule has 0 fully saturated rings. The number of aliphatic carboxylic acids is 2. The molecule has 0 amide bonds. The van der Waals surface area contributed by atoms with Gasteiger partial charge in [0.05, 0.1) is 6.42 Å². The molecule has 0 bridgehead atoms. The van der Waals surface area contributed by atoms with Crippen LogP contribution in [0.15, 0.2) is 24.3 Å². The van der Waals surface area contributed by atoms with E-state index in [1.807, 2.05) is 0 Å². The van der Waals surface area contributed by atoms with Crippen LogP contribution >= 0.6 is 0 Å². The highest BCUT2D eigenvalue weighted by atomic mass is 16.4. The van der Waals surface area contributed by atoms with Crippen molar-refractivity contribution in [3.05, 3.63) is 24.3 Å². The first-order valence-corrected chi connectivity index (χ1v) is 3.33. The van der Waals surface area contributed by atoms with Crippen molar-refractivity contribution in [2.24, 2.45) is 0 Å². The molecular formula is C8H10O4. The van der Waals surface area contributed by atoms with Crippen LogP contribution in [0.4, 0.5) is 0 Å². The summed E-state index contributed by atoms with van der Waals surface area (Å²) in [7, 11) is 0. The molecule has 0 aliphatic carbocycles.